The molecule has 1 atom stereocenters. The number of rotatable bonds is 4. The predicted octanol–water partition coefficient (Wildman–Crippen LogP) is 3.46. The van der Waals surface area contributed by atoms with Crippen molar-refractivity contribution in [1.29, 1.82) is 0 Å². The highest BCUT2D eigenvalue weighted by Crippen LogP contribution is 2.22. The first-order valence-electron chi connectivity index (χ1n) is 6.03. The highest BCUT2D eigenvalue weighted by molar-refractivity contribution is 5.87. The molecule has 15 heavy (non-hydrogen) atoms. The van der Waals surface area contributed by atoms with Gasteiger partial charge in [0.15, 0.2) is 0 Å². The summed E-state index contributed by atoms with van der Waals surface area (Å²) in [6.07, 6.45) is 7.74. The third-order valence-electron chi connectivity index (χ3n) is 3.08. The van der Waals surface area contributed by atoms with Crippen LogP contribution in [0.4, 0.5) is 0 Å². The normalized spacial score (nSPS) is 20.3. The third-order valence-corrected chi connectivity index (χ3v) is 3.08. The molecule has 0 N–H and O–H groups in total. The van der Waals surface area contributed by atoms with Gasteiger partial charge in [0.05, 0.1) is 0 Å². The topological polar surface area (TPSA) is 26.3 Å². The molecule has 1 saturated carbocycles. The fourth-order valence-electron chi connectivity index (χ4n) is 1.86. The lowest BCUT2D eigenvalue weighted by atomic mass is 10.1. The van der Waals surface area contributed by atoms with Crippen molar-refractivity contribution in [2.24, 2.45) is 5.92 Å². The minimum Gasteiger partial charge on any atom is -0.459 e. The zero-order valence-corrected chi connectivity index (χ0v) is 10.1. The van der Waals surface area contributed by atoms with Gasteiger partial charge in [-0.15, -0.1) is 0 Å². The van der Waals surface area contributed by atoms with Crippen molar-refractivity contribution in [3.63, 3.8) is 0 Å². The summed E-state index contributed by atoms with van der Waals surface area (Å²) in [6.45, 7) is 6.09. The van der Waals surface area contributed by atoms with Crippen molar-refractivity contribution in [2.45, 2.75) is 59.0 Å². The molecule has 0 aromatic rings. The maximum Gasteiger partial charge on any atom is 0.333 e. The molecular formula is C13H22O2. The summed E-state index contributed by atoms with van der Waals surface area (Å²) in [5.74, 6) is 0.336. The second kappa shape index (κ2) is 5.94. The molecule has 0 amide bonds. The van der Waals surface area contributed by atoms with Crippen LogP contribution in [0.3, 0.4) is 0 Å². The number of esters is 1. The summed E-state index contributed by atoms with van der Waals surface area (Å²) in [4.78, 5) is 11.7. The van der Waals surface area contributed by atoms with Gasteiger partial charge in [0, 0.05) is 5.57 Å². The Morgan fingerprint density at radius 3 is 2.60 bits per heavy atom. The first-order valence-corrected chi connectivity index (χ1v) is 6.03. The Hall–Kier alpha value is -0.790. The quantitative estimate of drug-likeness (QED) is 0.524. The van der Waals surface area contributed by atoms with E-state index in [1.807, 2.05) is 13.0 Å². The minimum atomic E-state index is -0.123. The van der Waals surface area contributed by atoms with Gasteiger partial charge >= 0.3 is 5.97 Å². The van der Waals surface area contributed by atoms with Crippen LogP contribution in [0.1, 0.15) is 52.9 Å². The van der Waals surface area contributed by atoms with Crippen molar-refractivity contribution >= 4 is 5.97 Å². The van der Waals surface area contributed by atoms with Crippen molar-refractivity contribution in [3.8, 4) is 0 Å². The minimum absolute atomic E-state index is 0.123. The summed E-state index contributed by atoms with van der Waals surface area (Å²) in [6, 6.07) is 0. The molecule has 86 valence electrons. The molecule has 0 aromatic heterocycles. The molecule has 0 spiro atoms. The Morgan fingerprint density at radius 1 is 1.47 bits per heavy atom. The highest BCUT2D eigenvalue weighted by Gasteiger charge is 2.19. The molecule has 0 bridgehead atoms. The Balaban J connectivity index is 2.41. The molecule has 1 fully saturated rings. The Labute approximate surface area is 92.7 Å². The van der Waals surface area contributed by atoms with Gasteiger partial charge in [-0.1, -0.05) is 26.3 Å². The van der Waals surface area contributed by atoms with Crippen LogP contribution >= 0.6 is 0 Å². The second-order valence-corrected chi connectivity index (χ2v) is 4.55. The molecule has 0 saturated heterocycles. The van der Waals surface area contributed by atoms with Crippen molar-refractivity contribution in [1.82, 2.24) is 0 Å². The standard InChI is InChI=1S/C13H22O2/c1-4-10(2)9-11(3)13(14)15-12-7-5-6-8-12/h9-10,12H,4-8H2,1-3H3/b11-9+. The third kappa shape index (κ3) is 4.06. The van der Waals surface area contributed by atoms with E-state index in [1.165, 1.54) is 12.8 Å². The number of allylic oxidation sites excluding steroid dienone is 1. The number of hydrogen-bond donors (Lipinski definition) is 0. The van der Waals surface area contributed by atoms with E-state index in [0.717, 1.165) is 24.8 Å². The largest absolute Gasteiger partial charge is 0.459 e. The molecular weight excluding hydrogens is 188 g/mol. The van der Waals surface area contributed by atoms with Gasteiger partial charge in [0.1, 0.15) is 6.10 Å². The van der Waals surface area contributed by atoms with Gasteiger partial charge in [0.2, 0.25) is 0 Å². The number of carbonyl (C=O) groups is 1. The van der Waals surface area contributed by atoms with Crippen molar-refractivity contribution in [3.05, 3.63) is 11.6 Å². The fourth-order valence-corrected chi connectivity index (χ4v) is 1.86. The van der Waals surface area contributed by atoms with Crippen LogP contribution in [0, 0.1) is 5.92 Å². The Morgan fingerprint density at radius 2 is 2.07 bits per heavy atom. The molecule has 0 aromatic carbocycles. The summed E-state index contributed by atoms with van der Waals surface area (Å²) in [5, 5.41) is 0. The van der Waals surface area contributed by atoms with E-state index < -0.39 is 0 Å². The maximum atomic E-state index is 11.7. The van der Waals surface area contributed by atoms with E-state index in [4.69, 9.17) is 4.74 Å². The van der Waals surface area contributed by atoms with Crippen molar-refractivity contribution < 1.29 is 9.53 Å². The summed E-state index contributed by atoms with van der Waals surface area (Å²) < 4.78 is 5.41. The van der Waals surface area contributed by atoms with E-state index in [2.05, 4.69) is 13.8 Å². The van der Waals surface area contributed by atoms with Gasteiger partial charge in [-0.05, 0) is 38.5 Å². The van der Waals surface area contributed by atoms with Crippen LogP contribution in [0.2, 0.25) is 0 Å². The Kier molecular flexibility index (Phi) is 4.86. The SMILES string of the molecule is CCC(C)/C=C(\C)C(=O)OC1CCCC1. The smallest absolute Gasteiger partial charge is 0.333 e. The van der Waals surface area contributed by atoms with E-state index in [1.54, 1.807) is 0 Å². The lowest BCUT2D eigenvalue weighted by Gasteiger charge is -2.12. The molecule has 0 radical (unpaired) electrons. The number of hydrogen-bond acceptors (Lipinski definition) is 2. The number of ether oxygens (including phenoxy) is 1. The fraction of sp³-hybridized carbons (Fsp3) is 0.769. The molecule has 1 aliphatic rings. The Bertz CT molecular complexity index is 237. The van der Waals surface area contributed by atoms with Crippen LogP contribution in [0.5, 0.6) is 0 Å². The molecule has 1 aliphatic carbocycles. The monoisotopic (exact) mass is 210 g/mol. The van der Waals surface area contributed by atoms with E-state index in [9.17, 15) is 4.79 Å². The predicted molar refractivity (Wildman–Crippen MR) is 61.6 cm³/mol. The van der Waals surface area contributed by atoms with E-state index in [0.29, 0.717) is 5.92 Å². The maximum absolute atomic E-state index is 11.7. The van der Waals surface area contributed by atoms with Crippen LogP contribution in [0.25, 0.3) is 0 Å². The molecule has 1 unspecified atom stereocenters. The molecule has 2 nitrogen and oxygen atoms in total. The summed E-state index contributed by atoms with van der Waals surface area (Å²) in [5.41, 5.74) is 0.760. The van der Waals surface area contributed by atoms with Gasteiger partial charge < -0.3 is 4.74 Å². The van der Waals surface area contributed by atoms with Crippen LogP contribution in [-0.2, 0) is 9.53 Å². The van der Waals surface area contributed by atoms with Crippen LogP contribution in [-0.4, -0.2) is 12.1 Å². The molecule has 2 heteroatoms. The molecule has 0 aliphatic heterocycles. The molecule has 1 rings (SSSR count). The summed E-state index contributed by atoms with van der Waals surface area (Å²) >= 11 is 0. The zero-order chi connectivity index (χ0) is 11.3. The van der Waals surface area contributed by atoms with Crippen LogP contribution < -0.4 is 0 Å². The zero-order valence-electron chi connectivity index (χ0n) is 10.1. The lowest BCUT2D eigenvalue weighted by molar-refractivity contribution is -0.143. The number of carbonyl (C=O) groups excluding carboxylic acids is 1. The summed E-state index contributed by atoms with van der Waals surface area (Å²) in [7, 11) is 0. The average Bonchev–Trinajstić information content (AvgIpc) is 2.70. The molecule has 0 heterocycles. The average molecular weight is 210 g/mol. The van der Waals surface area contributed by atoms with Gasteiger partial charge in [-0.25, -0.2) is 4.79 Å². The van der Waals surface area contributed by atoms with Crippen molar-refractivity contribution in [2.75, 3.05) is 0 Å². The van der Waals surface area contributed by atoms with Gasteiger partial charge in [0.25, 0.3) is 0 Å². The van der Waals surface area contributed by atoms with Gasteiger partial charge in [-0.2, -0.15) is 0 Å². The first-order chi connectivity index (χ1) is 7.13. The first kappa shape index (κ1) is 12.3. The highest BCUT2D eigenvalue weighted by atomic mass is 16.5. The lowest BCUT2D eigenvalue weighted by Crippen LogP contribution is -2.15. The van der Waals surface area contributed by atoms with Gasteiger partial charge in [-0.3, -0.25) is 0 Å². The van der Waals surface area contributed by atoms with Crippen LogP contribution in [0.15, 0.2) is 11.6 Å². The second-order valence-electron chi connectivity index (χ2n) is 4.55. The van der Waals surface area contributed by atoms with E-state index >= 15 is 0 Å². The van der Waals surface area contributed by atoms with E-state index in [-0.39, 0.29) is 12.1 Å².